The number of rotatable bonds is 15. The Morgan fingerprint density at radius 2 is 1.09 bits per heavy atom. The third-order valence-electron chi connectivity index (χ3n) is 5.19. The highest BCUT2D eigenvalue weighted by Crippen LogP contribution is 2.41. The van der Waals surface area contributed by atoms with Crippen molar-refractivity contribution >= 4 is 65.8 Å². The quantitative estimate of drug-likeness (QED) is 0.0496. The molecule has 0 amide bonds. The molecule has 22 heteroatoms. The monoisotopic (exact) mass is 915 g/mol. The number of aliphatic hydroxyl groups excluding tert-OH is 1. The summed E-state index contributed by atoms with van der Waals surface area (Å²) in [5.74, 6) is -21.8. The van der Waals surface area contributed by atoms with Crippen LogP contribution in [0.5, 0.6) is 0 Å². The first-order valence-corrected chi connectivity index (χ1v) is 15.0. The van der Waals surface area contributed by atoms with Gasteiger partial charge < -0.3 is 33.5 Å². The highest BCUT2D eigenvalue weighted by molar-refractivity contribution is 14.0. The van der Waals surface area contributed by atoms with Gasteiger partial charge in [0.1, 0.15) is 52.3 Å². The molecule has 2 rings (SSSR count). The number of aromatic nitrogens is 1. The van der Waals surface area contributed by atoms with Gasteiger partial charge in [0.15, 0.2) is 0 Å². The molecule has 0 aliphatic carbocycles. The lowest BCUT2D eigenvalue weighted by molar-refractivity contribution is -0.245. The summed E-state index contributed by atoms with van der Waals surface area (Å²) in [6, 6.07) is 5.72. The highest BCUT2D eigenvalue weighted by atomic mass is 127. The molecule has 1 aliphatic rings. The standard InChI is InChI=1S/C17H22F2O8.C6H10O3.C5H2F4O3.C5H5N.HI/c1-11(2)15(22)26-7-5-24-13(20)9-17(18,19)10-14(21)25-6-8-27-16(23)12(3)4;1-5(2)6(8)9-4-3-7;6-4(7)1-2(10)12-3(11)5(4,8)9;1-2-4-6-5-3-1;/h1,3,5-10H2,2,4H3;7H,1,3-4H2,2H3;1H2;1-5H;1H. The molecule has 0 radical (unpaired) electrons. The summed E-state index contributed by atoms with van der Waals surface area (Å²) >= 11 is 0. The maximum absolute atomic E-state index is 13.6. The second-order valence-electron chi connectivity index (χ2n) is 10.4. The molecule has 310 valence electrons. The Labute approximate surface area is 328 Å². The summed E-state index contributed by atoms with van der Waals surface area (Å²) in [6.07, 6.45) is -0.964. The van der Waals surface area contributed by atoms with Crippen LogP contribution in [0.1, 0.15) is 40.0 Å². The molecule has 2 heterocycles. The van der Waals surface area contributed by atoms with Crippen LogP contribution < -0.4 is 0 Å². The molecule has 0 spiro atoms. The van der Waals surface area contributed by atoms with E-state index in [-0.39, 0.29) is 61.6 Å². The number of halogens is 7. The van der Waals surface area contributed by atoms with Crippen molar-refractivity contribution in [2.45, 2.75) is 57.8 Å². The molecular formula is C33H40F6INO14. The minimum Gasteiger partial charge on any atom is -0.462 e. The van der Waals surface area contributed by atoms with Gasteiger partial charge in [-0.2, -0.15) is 17.6 Å². The van der Waals surface area contributed by atoms with Crippen LogP contribution in [0.25, 0.3) is 0 Å². The predicted molar refractivity (Wildman–Crippen MR) is 186 cm³/mol. The van der Waals surface area contributed by atoms with E-state index in [1.54, 1.807) is 19.3 Å². The van der Waals surface area contributed by atoms with Crippen molar-refractivity contribution in [3.05, 3.63) is 67.0 Å². The fraction of sp³-hybridized carbons (Fsp3) is 0.455. The van der Waals surface area contributed by atoms with E-state index in [1.807, 2.05) is 18.2 Å². The number of alkyl halides is 6. The molecular weight excluding hydrogens is 875 g/mol. The van der Waals surface area contributed by atoms with Crippen molar-refractivity contribution in [1.82, 2.24) is 4.98 Å². The predicted octanol–water partition coefficient (Wildman–Crippen LogP) is 4.26. The number of hydrogen-bond donors (Lipinski definition) is 1. The van der Waals surface area contributed by atoms with E-state index in [2.05, 4.69) is 53.1 Å². The maximum atomic E-state index is 13.6. The minimum atomic E-state index is -4.90. The molecule has 1 aliphatic heterocycles. The van der Waals surface area contributed by atoms with Crippen molar-refractivity contribution in [2.75, 3.05) is 39.6 Å². The topological polar surface area (TPSA) is 208 Å². The summed E-state index contributed by atoms with van der Waals surface area (Å²) in [5.41, 5.74) is 0.630. The Bertz CT molecular complexity index is 1400. The average Bonchev–Trinajstić information content (AvgIpc) is 3.07. The summed E-state index contributed by atoms with van der Waals surface area (Å²) in [4.78, 5) is 79.2. The molecule has 0 saturated carbocycles. The van der Waals surface area contributed by atoms with Crippen molar-refractivity contribution in [2.24, 2.45) is 0 Å². The van der Waals surface area contributed by atoms with Gasteiger partial charge in [0.05, 0.1) is 6.61 Å². The zero-order valence-corrected chi connectivity index (χ0v) is 32.1. The van der Waals surface area contributed by atoms with Crippen LogP contribution in [0.3, 0.4) is 0 Å². The maximum Gasteiger partial charge on any atom is 0.405 e. The Kier molecular flexibility index (Phi) is 27.4. The van der Waals surface area contributed by atoms with Gasteiger partial charge >= 0.3 is 53.6 Å². The van der Waals surface area contributed by atoms with E-state index in [4.69, 9.17) is 5.11 Å². The second kappa shape index (κ2) is 27.7. The van der Waals surface area contributed by atoms with E-state index >= 15 is 0 Å². The first-order chi connectivity index (χ1) is 24.9. The summed E-state index contributed by atoms with van der Waals surface area (Å²) in [5, 5.41) is 8.19. The smallest absolute Gasteiger partial charge is 0.405 e. The first-order valence-electron chi connectivity index (χ1n) is 15.0. The molecule has 0 aromatic carbocycles. The highest BCUT2D eigenvalue weighted by Gasteiger charge is 2.67. The van der Waals surface area contributed by atoms with Gasteiger partial charge in [0.25, 0.3) is 5.92 Å². The Balaban J connectivity index is -0.000000782. The molecule has 1 aromatic rings. The van der Waals surface area contributed by atoms with Crippen molar-refractivity contribution in [1.29, 1.82) is 0 Å². The average molecular weight is 916 g/mol. The van der Waals surface area contributed by atoms with Gasteiger partial charge in [0.2, 0.25) is 0 Å². The Hall–Kier alpha value is -4.87. The molecule has 1 fully saturated rings. The van der Waals surface area contributed by atoms with E-state index in [9.17, 15) is 59.9 Å². The number of pyridine rings is 1. The van der Waals surface area contributed by atoms with Gasteiger partial charge in [-0.15, -0.1) is 24.0 Å². The molecule has 1 saturated heterocycles. The number of hydrogen-bond acceptors (Lipinski definition) is 15. The van der Waals surface area contributed by atoms with Gasteiger partial charge in [-0.3, -0.25) is 19.4 Å². The zero-order valence-electron chi connectivity index (χ0n) is 29.7. The van der Waals surface area contributed by atoms with Crippen molar-refractivity contribution in [3.63, 3.8) is 0 Å². The Morgan fingerprint density at radius 3 is 1.38 bits per heavy atom. The van der Waals surface area contributed by atoms with Gasteiger partial charge in [-0.1, -0.05) is 25.8 Å². The van der Waals surface area contributed by atoms with Gasteiger partial charge in [-0.05, 0) is 32.9 Å². The van der Waals surface area contributed by atoms with Gasteiger partial charge in [-0.25, -0.2) is 28.0 Å². The summed E-state index contributed by atoms with van der Waals surface area (Å²) in [7, 11) is 0. The molecule has 55 heavy (non-hydrogen) atoms. The zero-order chi connectivity index (χ0) is 42.1. The lowest BCUT2D eigenvalue weighted by atomic mass is 10.1. The van der Waals surface area contributed by atoms with Gasteiger partial charge in [0, 0.05) is 29.1 Å². The third kappa shape index (κ3) is 25.7. The fourth-order valence-corrected chi connectivity index (χ4v) is 2.63. The number of carbonyl (C=O) groups excluding carboxylic acids is 7. The van der Waals surface area contributed by atoms with Crippen LogP contribution in [0.15, 0.2) is 67.0 Å². The van der Waals surface area contributed by atoms with Crippen LogP contribution in [-0.4, -0.2) is 109 Å². The third-order valence-corrected chi connectivity index (χ3v) is 5.19. The van der Waals surface area contributed by atoms with Crippen molar-refractivity contribution in [3.8, 4) is 0 Å². The lowest BCUT2D eigenvalue weighted by Gasteiger charge is -2.27. The van der Waals surface area contributed by atoms with Crippen LogP contribution in [0.4, 0.5) is 26.3 Å². The number of carbonyl (C=O) groups is 7. The fourth-order valence-electron chi connectivity index (χ4n) is 2.63. The largest absolute Gasteiger partial charge is 0.462 e. The minimum absolute atomic E-state index is 0. The first kappa shape index (κ1) is 54.5. The normalized spacial score (nSPS) is 13.3. The molecule has 0 unspecified atom stereocenters. The van der Waals surface area contributed by atoms with Crippen LogP contribution in [0, 0.1) is 0 Å². The van der Waals surface area contributed by atoms with Crippen molar-refractivity contribution < 1.29 is 93.4 Å². The molecule has 0 atom stereocenters. The molecule has 1 N–H and O–H groups in total. The molecule has 0 bridgehead atoms. The number of ether oxygens (including phenoxy) is 6. The van der Waals surface area contributed by atoms with Crippen LogP contribution >= 0.6 is 24.0 Å². The summed E-state index contributed by atoms with van der Waals surface area (Å²) in [6.45, 7) is 12.9. The molecule has 1 aromatic heterocycles. The van der Waals surface area contributed by atoms with E-state index in [0.717, 1.165) is 0 Å². The van der Waals surface area contributed by atoms with E-state index in [0.29, 0.717) is 5.57 Å². The number of nitrogens with zero attached hydrogens (tertiary/aromatic N) is 1. The SMILES string of the molecule is C=C(C)C(=O)OCCO.C=C(C)C(=O)OCCOC(=O)CC(F)(F)CC(=O)OCCOC(=O)C(=C)C.I.O=C1CC(F)(F)C(F)(F)C(=O)O1.c1ccncc1. The van der Waals surface area contributed by atoms with E-state index in [1.165, 1.54) is 13.8 Å². The van der Waals surface area contributed by atoms with E-state index < -0.39 is 92.0 Å². The number of aliphatic hydroxyl groups is 1. The molecule has 15 nitrogen and oxygen atoms in total. The second-order valence-corrected chi connectivity index (χ2v) is 10.4. The summed E-state index contributed by atoms with van der Waals surface area (Å²) < 4.78 is 102. The number of cyclic esters (lactones) is 2. The lowest BCUT2D eigenvalue weighted by Crippen LogP contribution is -2.54. The van der Waals surface area contributed by atoms with Crippen LogP contribution in [-0.2, 0) is 62.0 Å². The van der Waals surface area contributed by atoms with Crippen LogP contribution in [0.2, 0.25) is 0 Å². The number of esters is 7. The Morgan fingerprint density at radius 1 is 0.727 bits per heavy atom.